The lowest BCUT2D eigenvalue weighted by atomic mass is 9.92. The largest absolute Gasteiger partial charge is 0.380 e. The van der Waals surface area contributed by atoms with Crippen LogP contribution >= 0.6 is 11.8 Å². The highest BCUT2D eigenvalue weighted by Crippen LogP contribution is 2.36. The van der Waals surface area contributed by atoms with Crippen molar-refractivity contribution in [2.75, 3.05) is 43.9 Å². The van der Waals surface area contributed by atoms with Crippen LogP contribution in [-0.4, -0.2) is 71.5 Å². The second kappa shape index (κ2) is 9.08. The van der Waals surface area contributed by atoms with Crippen LogP contribution in [0.4, 0.5) is 14.5 Å². The Morgan fingerprint density at radius 1 is 1.29 bits per heavy atom. The number of nitrogens with one attached hydrogen (secondary N) is 2. The van der Waals surface area contributed by atoms with Crippen LogP contribution in [0.5, 0.6) is 0 Å². The highest BCUT2D eigenvalue weighted by molar-refractivity contribution is 8.14. The number of nitrogens with zero attached hydrogens (tertiary/aromatic N) is 2. The number of aromatic nitrogens is 1. The number of rotatable bonds is 6. The van der Waals surface area contributed by atoms with Crippen LogP contribution in [-0.2, 0) is 4.74 Å². The molecule has 1 aromatic carbocycles. The van der Waals surface area contributed by atoms with Crippen LogP contribution in [0.15, 0.2) is 29.3 Å². The molecule has 1 aromatic heterocycles. The number of benzene rings is 1. The first-order valence-electron chi connectivity index (χ1n) is 11.3. The maximum atomic E-state index is 13.8. The minimum Gasteiger partial charge on any atom is -0.380 e. The van der Waals surface area contributed by atoms with Crippen LogP contribution in [0.3, 0.4) is 0 Å². The fourth-order valence-corrected chi connectivity index (χ4v) is 5.85. The van der Waals surface area contributed by atoms with E-state index in [0.717, 1.165) is 78.8 Å². The zero-order valence-corrected chi connectivity index (χ0v) is 18.5. The fourth-order valence-electron chi connectivity index (χ4n) is 4.77. The van der Waals surface area contributed by atoms with Gasteiger partial charge in [0.05, 0.1) is 36.2 Å². The summed E-state index contributed by atoms with van der Waals surface area (Å²) < 4.78 is 33.1. The first-order chi connectivity index (χ1) is 15.1. The van der Waals surface area contributed by atoms with Gasteiger partial charge in [-0.2, -0.15) is 0 Å². The molecule has 2 N–H and O–H groups in total. The van der Waals surface area contributed by atoms with E-state index in [4.69, 9.17) is 9.73 Å². The molecular formula is C23H30F2N4OS. The summed E-state index contributed by atoms with van der Waals surface area (Å²) in [6, 6.07) is 8.31. The average Bonchev–Trinajstić information content (AvgIpc) is 3.40. The highest BCUT2D eigenvalue weighted by atomic mass is 32.2. The van der Waals surface area contributed by atoms with Crippen molar-refractivity contribution in [2.45, 2.75) is 50.1 Å². The molecule has 0 radical (unpaired) electrons. The highest BCUT2D eigenvalue weighted by Gasteiger charge is 2.36. The molecule has 0 bridgehead atoms. The molecule has 1 saturated heterocycles. The van der Waals surface area contributed by atoms with Crippen molar-refractivity contribution in [2.24, 2.45) is 4.99 Å². The standard InChI is InChI=1S/C23H30F2N4OS/c24-23(25)7-2-4-17(14-23)26-19-5-1-3-16-13-20(28-21(16)19)22-27-18(15-31-22)6-8-29-9-11-30-12-10-29/h1,3,5,13,17-18,26,28H,2,4,6-12,14-15H2/t17?,18-/m0/s1. The number of alkyl halides is 2. The van der Waals surface area contributed by atoms with Crippen molar-refractivity contribution in [1.82, 2.24) is 9.88 Å². The molecule has 2 aliphatic heterocycles. The van der Waals surface area contributed by atoms with Gasteiger partial charge < -0.3 is 15.0 Å². The smallest absolute Gasteiger partial charge is 0.250 e. The number of thioether (sulfide) groups is 1. The van der Waals surface area contributed by atoms with E-state index >= 15 is 0 Å². The number of aliphatic imine (C=N–C) groups is 1. The van der Waals surface area contributed by atoms with E-state index in [1.54, 1.807) is 11.8 Å². The number of aromatic amines is 1. The molecule has 2 fully saturated rings. The summed E-state index contributed by atoms with van der Waals surface area (Å²) in [6.45, 7) is 4.76. The molecule has 3 heterocycles. The summed E-state index contributed by atoms with van der Waals surface area (Å²) in [4.78, 5) is 10.9. The molecule has 168 valence electrons. The van der Waals surface area contributed by atoms with Crippen LogP contribution in [0.1, 0.15) is 37.8 Å². The first-order valence-corrected chi connectivity index (χ1v) is 12.3. The molecule has 2 aromatic rings. The minimum atomic E-state index is -2.56. The Labute approximate surface area is 186 Å². The second-order valence-electron chi connectivity index (χ2n) is 8.89. The lowest BCUT2D eigenvalue weighted by molar-refractivity contribution is -0.0373. The maximum absolute atomic E-state index is 13.8. The summed E-state index contributed by atoms with van der Waals surface area (Å²) in [5, 5.41) is 5.51. The monoisotopic (exact) mass is 448 g/mol. The fraction of sp³-hybridized carbons (Fsp3) is 0.609. The summed E-state index contributed by atoms with van der Waals surface area (Å²) >= 11 is 1.80. The molecule has 1 unspecified atom stereocenters. The van der Waals surface area contributed by atoms with Gasteiger partial charge in [0.1, 0.15) is 5.04 Å². The number of ether oxygens (including phenoxy) is 1. The third-order valence-electron chi connectivity index (χ3n) is 6.48. The van der Waals surface area contributed by atoms with Crippen LogP contribution in [0.25, 0.3) is 10.9 Å². The molecule has 8 heteroatoms. The van der Waals surface area contributed by atoms with Gasteiger partial charge in [-0.3, -0.25) is 9.89 Å². The van der Waals surface area contributed by atoms with E-state index in [1.807, 2.05) is 12.1 Å². The molecule has 1 saturated carbocycles. The van der Waals surface area contributed by atoms with Crippen molar-refractivity contribution in [3.63, 3.8) is 0 Å². The number of hydrogen-bond donors (Lipinski definition) is 2. The Kier molecular flexibility index (Phi) is 6.21. The lowest BCUT2D eigenvalue weighted by Gasteiger charge is -2.30. The van der Waals surface area contributed by atoms with Crippen molar-refractivity contribution >= 4 is 33.4 Å². The Bertz CT molecular complexity index is 941. The number of para-hydroxylation sites is 1. The van der Waals surface area contributed by atoms with Gasteiger partial charge in [0.2, 0.25) is 5.92 Å². The molecule has 0 spiro atoms. The molecule has 3 aliphatic rings. The second-order valence-corrected chi connectivity index (χ2v) is 9.90. The van der Waals surface area contributed by atoms with Crippen molar-refractivity contribution in [3.8, 4) is 0 Å². The molecule has 5 rings (SSSR count). The SMILES string of the molecule is FC1(F)CCCC(Nc2cccc3cc(C4=N[C@@H](CCN5CCOCC5)CS4)[nH]c23)C1. The van der Waals surface area contributed by atoms with E-state index in [0.29, 0.717) is 12.5 Å². The van der Waals surface area contributed by atoms with Crippen molar-refractivity contribution in [3.05, 3.63) is 30.0 Å². The van der Waals surface area contributed by atoms with Crippen molar-refractivity contribution < 1.29 is 13.5 Å². The Balaban J connectivity index is 1.27. The topological polar surface area (TPSA) is 52.6 Å². The number of H-pyrrole nitrogens is 1. The van der Waals surface area contributed by atoms with Gasteiger partial charge in [0.25, 0.3) is 0 Å². The molecular weight excluding hydrogens is 418 g/mol. The van der Waals surface area contributed by atoms with E-state index < -0.39 is 5.92 Å². The van der Waals surface area contributed by atoms with Gasteiger partial charge in [-0.1, -0.05) is 12.1 Å². The summed E-state index contributed by atoms with van der Waals surface area (Å²) in [5.41, 5.74) is 2.91. The Morgan fingerprint density at radius 2 is 2.16 bits per heavy atom. The normalized spacial score (nSPS) is 26.8. The van der Waals surface area contributed by atoms with Crippen LogP contribution in [0, 0.1) is 0 Å². The van der Waals surface area contributed by atoms with Gasteiger partial charge in [0, 0.05) is 49.7 Å². The number of fused-ring (bicyclic) bond motifs is 1. The number of morpholine rings is 1. The zero-order valence-electron chi connectivity index (χ0n) is 17.7. The summed E-state index contributed by atoms with van der Waals surface area (Å²) in [5.74, 6) is -1.55. The summed E-state index contributed by atoms with van der Waals surface area (Å²) in [7, 11) is 0. The van der Waals surface area contributed by atoms with Crippen LogP contribution in [0.2, 0.25) is 0 Å². The van der Waals surface area contributed by atoms with E-state index in [-0.39, 0.29) is 18.9 Å². The molecule has 0 amide bonds. The predicted molar refractivity (Wildman–Crippen MR) is 124 cm³/mol. The maximum Gasteiger partial charge on any atom is 0.250 e. The Hall–Kier alpha value is -1.64. The third-order valence-corrected chi connectivity index (χ3v) is 7.63. The van der Waals surface area contributed by atoms with Crippen molar-refractivity contribution in [1.29, 1.82) is 0 Å². The minimum absolute atomic E-state index is 0.00574. The quantitative estimate of drug-likeness (QED) is 0.670. The van der Waals surface area contributed by atoms with Gasteiger partial charge in [-0.15, -0.1) is 11.8 Å². The Morgan fingerprint density at radius 3 is 3.00 bits per heavy atom. The lowest BCUT2D eigenvalue weighted by Crippen LogP contribution is -2.37. The van der Waals surface area contributed by atoms with E-state index in [1.165, 1.54) is 0 Å². The van der Waals surface area contributed by atoms with E-state index in [2.05, 4.69) is 27.3 Å². The molecule has 1 aliphatic carbocycles. The van der Waals surface area contributed by atoms with Gasteiger partial charge in [0.15, 0.2) is 0 Å². The third kappa shape index (κ3) is 5.07. The van der Waals surface area contributed by atoms with E-state index in [9.17, 15) is 8.78 Å². The predicted octanol–water partition coefficient (Wildman–Crippen LogP) is 4.74. The molecule has 5 nitrogen and oxygen atoms in total. The zero-order chi connectivity index (χ0) is 21.3. The van der Waals surface area contributed by atoms with Gasteiger partial charge in [-0.25, -0.2) is 8.78 Å². The first kappa shape index (κ1) is 21.2. The average molecular weight is 449 g/mol. The van der Waals surface area contributed by atoms with Crippen LogP contribution < -0.4 is 5.32 Å². The molecule has 2 atom stereocenters. The van der Waals surface area contributed by atoms with Gasteiger partial charge >= 0.3 is 0 Å². The van der Waals surface area contributed by atoms with Gasteiger partial charge in [-0.05, 0) is 31.4 Å². The molecule has 31 heavy (non-hydrogen) atoms. The number of anilines is 1. The number of hydrogen-bond acceptors (Lipinski definition) is 5. The number of halogens is 2. The summed E-state index contributed by atoms with van der Waals surface area (Å²) in [6.07, 6.45) is 2.33.